The highest BCUT2D eigenvalue weighted by molar-refractivity contribution is 5.77. The molecule has 1 fully saturated rings. The van der Waals surface area contributed by atoms with Crippen LogP contribution >= 0.6 is 0 Å². The Bertz CT molecular complexity index is 667. The van der Waals surface area contributed by atoms with Crippen LogP contribution in [0.3, 0.4) is 0 Å². The summed E-state index contributed by atoms with van der Waals surface area (Å²) < 4.78 is 12.8. The third-order valence-corrected chi connectivity index (χ3v) is 4.32. The summed E-state index contributed by atoms with van der Waals surface area (Å²) in [6.45, 7) is 6.30. The van der Waals surface area contributed by atoms with Gasteiger partial charge < -0.3 is 19.7 Å². The summed E-state index contributed by atoms with van der Waals surface area (Å²) in [6.07, 6.45) is 3.75. The van der Waals surface area contributed by atoms with Gasteiger partial charge in [-0.15, -0.1) is 0 Å². The van der Waals surface area contributed by atoms with Gasteiger partial charge in [-0.1, -0.05) is 12.1 Å². The number of carbonyl (C=O) groups excluding carboxylic acids is 1. The zero-order chi connectivity index (χ0) is 18.2. The fraction of sp³-hybridized carbons (Fsp3) is 0.474. The number of nitrogens with zero attached hydrogens (tertiary/aromatic N) is 3. The number of ether oxygens (including phenoxy) is 2. The predicted octanol–water partition coefficient (Wildman–Crippen LogP) is 1.30. The summed E-state index contributed by atoms with van der Waals surface area (Å²) in [5, 5.41) is 7.69. The Morgan fingerprint density at radius 1 is 1.31 bits per heavy atom. The number of morpholine rings is 1. The maximum Gasteiger partial charge on any atom is 0.260 e. The first-order valence-corrected chi connectivity index (χ1v) is 8.99. The van der Waals surface area contributed by atoms with Crippen LogP contribution in [0.4, 0.5) is 0 Å². The molecule has 1 atom stereocenters. The molecule has 7 nitrogen and oxygen atoms in total. The van der Waals surface area contributed by atoms with Gasteiger partial charge in [-0.2, -0.15) is 5.10 Å². The average Bonchev–Trinajstić information content (AvgIpc) is 3.19. The number of hydrogen-bond acceptors (Lipinski definition) is 5. The lowest BCUT2D eigenvalue weighted by molar-refractivity contribution is -0.137. The normalized spacial score (nSPS) is 15.7. The van der Waals surface area contributed by atoms with E-state index in [0.29, 0.717) is 38.1 Å². The molecule has 2 aromatic rings. The highest BCUT2D eigenvalue weighted by Crippen LogP contribution is 2.13. The van der Waals surface area contributed by atoms with Gasteiger partial charge in [0.2, 0.25) is 0 Å². The number of amides is 1. The van der Waals surface area contributed by atoms with Crippen molar-refractivity contribution in [1.29, 1.82) is 0 Å². The van der Waals surface area contributed by atoms with Gasteiger partial charge in [0, 0.05) is 38.1 Å². The quantitative estimate of drug-likeness (QED) is 0.770. The third kappa shape index (κ3) is 5.57. The van der Waals surface area contributed by atoms with Crippen LogP contribution in [-0.2, 0) is 22.6 Å². The van der Waals surface area contributed by atoms with Gasteiger partial charge in [-0.05, 0) is 30.7 Å². The number of rotatable bonds is 8. The first-order valence-electron chi connectivity index (χ1n) is 8.99. The summed E-state index contributed by atoms with van der Waals surface area (Å²) in [7, 11) is 0. The van der Waals surface area contributed by atoms with Crippen molar-refractivity contribution < 1.29 is 14.3 Å². The van der Waals surface area contributed by atoms with Gasteiger partial charge >= 0.3 is 0 Å². The van der Waals surface area contributed by atoms with E-state index in [9.17, 15) is 4.79 Å². The Morgan fingerprint density at radius 2 is 2.08 bits per heavy atom. The Balaban J connectivity index is 1.39. The molecule has 0 unspecified atom stereocenters. The van der Waals surface area contributed by atoms with Crippen LogP contribution in [-0.4, -0.2) is 59.5 Å². The van der Waals surface area contributed by atoms with Crippen LogP contribution in [0.15, 0.2) is 42.7 Å². The van der Waals surface area contributed by atoms with Crippen LogP contribution in [0.25, 0.3) is 0 Å². The zero-order valence-corrected chi connectivity index (χ0v) is 15.1. The minimum atomic E-state index is 0.00601. The fourth-order valence-corrected chi connectivity index (χ4v) is 2.80. The summed E-state index contributed by atoms with van der Waals surface area (Å²) in [4.78, 5) is 13.9. The van der Waals surface area contributed by atoms with Crippen molar-refractivity contribution in [3.8, 4) is 5.75 Å². The Hall–Kier alpha value is -2.38. The van der Waals surface area contributed by atoms with Crippen molar-refractivity contribution in [2.45, 2.75) is 26.1 Å². The molecule has 140 valence electrons. The molecule has 0 aliphatic carbocycles. The van der Waals surface area contributed by atoms with Crippen molar-refractivity contribution in [3.05, 3.63) is 48.3 Å². The smallest absolute Gasteiger partial charge is 0.260 e. The molecule has 26 heavy (non-hydrogen) atoms. The van der Waals surface area contributed by atoms with Crippen molar-refractivity contribution in [2.75, 3.05) is 32.9 Å². The molecule has 3 rings (SSSR count). The summed E-state index contributed by atoms with van der Waals surface area (Å²) in [6, 6.07) is 10.1. The molecule has 1 amide bonds. The molecular formula is C19H26N4O3. The number of hydrogen-bond donors (Lipinski definition) is 1. The summed E-state index contributed by atoms with van der Waals surface area (Å²) >= 11 is 0. The van der Waals surface area contributed by atoms with E-state index in [0.717, 1.165) is 13.1 Å². The molecule has 7 heteroatoms. The van der Waals surface area contributed by atoms with Gasteiger partial charge in [0.15, 0.2) is 6.61 Å². The van der Waals surface area contributed by atoms with Crippen LogP contribution in [0.5, 0.6) is 5.75 Å². The Morgan fingerprint density at radius 3 is 2.77 bits per heavy atom. The monoisotopic (exact) mass is 358 g/mol. The van der Waals surface area contributed by atoms with Crippen molar-refractivity contribution in [2.24, 2.45) is 0 Å². The van der Waals surface area contributed by atoms with E-state index < -0.39 is 0 Å². The number of nitrogens with one attached hydrogen (secondary N) is 1. The second-order valence-corrected chi connectivity index (χ2v) is 6.44. The summed E-state index contributed by atoms with van der Waals surface area (Å²) in [5.41, 5.74) is 1.17. The van der Waals surface area contributed by atoms with Crippen LogP contribution in [0, 0.1) is 0 Å². The average molecular weight is 358 g/mol. The van der Waals surface area contributed by atoms with E-state index in [4.69, 9.17) is 9.47 Å². The number of carbonyl (C=O) groups is 1. The lowest BCUT2D eigenvalue weighted by atomic mass is 10.2. The molecule has 0 bridgehead atoms. The van der Waals surface area contributed by atoms with E-state index in [-0.39, 0.29) is 12.5 Å². The second-order valence-electron chi connectivity index (χ2n) is 6.44. The molecule has 1 aromatic carbocycles. The lowest BCUT2D eigenvalue weighted by Crippen LogP contribution is -2.42. The van der Waals surface area contributed by atoms with Gasteiger partial charge in [0.25, 0.3) is 5.91 Å². The maximum atomic E-state index is 12.1. The van der Waals surface area contributed by atoms with Gasteiger partial charge in [0.1, 0.15) is 5.75 Å². The summed E-state index contributed by atoms with van der Waals surface area (Å²) in [5.74, 6) is 0.714. The van der Waals surface area contributed by atoms with Crippen molar-refractivity contribution in [1.82, 2.24) is 20.0 Å². The standard InChI is InChI=1S/C19H26N4O3/c1-16(14-23-8-2-7-21-23)20-13-17-3-5-18(6-4-17)26-15-19(24)22-9-11-25-12-10-22/h2-8,16,20H,9-15H2,1H3/t16-/m0/s1. The number of benzene rings is 1. The van der Waals surface area contributed by atoms with Gasteiger partial charge in [-0.3, -0.25) is 9.48 Å². The zero-order valence-electron chi connectivity index (χ0n) is 15.1. The highest BCUT2D eigenvalue weighted by Gasteiger charge is 2.17. The minimum absolute atomic E-state index is 0.00601. The van der Waals surface area contributed by atoms with E-state index in [1.165, 1.54) is 5.56 Å². The van der Waals surface area contributed by atoms with Crippen LogP contribution < -0.4 is 10.1 Å². The van der Waals surface area contributed by atoms with E-state index in [2.05, 4.69) is 17.3 Å². The van der Waals surface area contributed by atoms with Crippen LogP contribution in [0.1, 0.15) is 12.5 Å². The Kier molecular flexibility index (Phi) is 6.62. The molecule has 0 saturated carbocycles. The van der Waals surface area contributed by atoms with Gasteiger partial charge in [-0.25, -0.2) is 0 Å². The highest BCUT2D eigenvalue weighted by atomic mass is 16.5. The molecule has 1 N–H and O–H groups in total. The first-order chi connectivity index (χ1) is 12.7. The first kappa shape index (κ1) is 18.4. The molecule has 0 spiro atoms. The lowest BCUT2D eigenvalue weighted by Gasteiger charge is -2.26. The molecule has 1 aromatic heterocycles. The van der Waals surface area contributed by atoms with E-state index >= 15 is 0 Å². The predicted molar refractivity (Wildman–Crippen MR) is 97.9 cm³/mol. The maximum absolute atomic E-state index is 12.1. The fourth-order valence-electron chi connectivity index (χ4n) is 2.80. The van der Waals surface area contributed by atoms with Crippen molar-refractivity contribution >= 4 is 5.91 Å². The Labute approximate surface area is 153 Å². The van der Waals surface area contributed by atoms with Crippen molar-refractivity contribution in [3.63, 3.8) is 0 Å². The molecule has 2 heterocycles. The topological polar surface area (TPSA) is 68.6 Å². The largest absolute Gasteiger partial charge is 0.484 e. The SMILES string of the molecule is C[C@@H](Cn1cccn1)NCc1ccc(OCC(=O)N2CCOCC2)cc1. The third-order valence-electron chi connectivity index (χ3n) is 4.32. The molecule has 1 aliphatic heterocycles. The molecule has 1 aliphatic rings. The molecular weight excluding hydrogens is 332 g/mol. The minimum Gasteiger partial charge on any atom is -0.484 e. The van der Waals surface area contributed by atoms with Gasteiger partial charge in [0.05, 0.1) is 19.8 Å². The van der Waals surface area contributed by atoms with E-state index in [1.807, 2.05) is 41.2 Å². The second kappa shape index (κ2) is 9.35. The molecule has 0 radical (unpaired) electrons. The molecule has 1 saturated heterocycles. The van der Waals surface area contributed by atoms with Crippen LogP contribution in [0.2, 0.25) is 0 Å². The number of aromatic nitrogens is 2. The van der Waals surface area contributed by atoms with E-state index in [1.54, 1.807) is 11.1 Å².